The molecule has 1 heterocycles. The van der Waals surface area contributed by atoms with Crippen molar-refractivity contribution in [2.75, 3.05) is 25.5 Å². The summed E-state index contributed by atoms with van der Waals surface area (Å²) in [4.78, 5) is 26.3. The van der Waals surface area contributed by atoms with E-state index in [-0.39, 0.29) is 18.2 Å². The molecule has 2 aromatic rings. The molecule has 3 rings (SSSR count). The highest BCUT2D eigenvalue weighted by atomic mass is 16.5. The van der Waals surface area contributed by atoms with E-state index in [9.17, 15) is 9.59 Å². The fraction of sp³-hybridized carbons (Fsp3) is 0.300. The number of nitrogens with zero attached hydrogens (tertiary/aromatic N) is 1. The smallest absolute Gasteiger partial charge is 0.230 e. The second kappa shape index (κ2) is 7.38. The zero-order valence-electron chi connectivity index (χ0n) is 14.5. The van der Waals surface area contributed by atoms with Crippen molar-refractivity contribution in [1.82, 2.24) is 4.90 Å². The van der Waals surface area contributed by atoms with Crippen LogP contribution < -0.4 is 10.1 Å². The van der Waals surface area contributed by atoms with Crippen LogP contribution in [0.3, 0.4) is 0 Å². The maximum absolute atomic E-state index is 12.8. The van der Waals surface area contributed by atoms with Gasteiger partial charge in [-0.2, -0.15) is 0 Å². The van der Waals surface area contributed by atoms with Crippen LogP contribution >= 0.6 is 0 Å². The Hall–Kier alpha value is -2.82. The van der Waals surface area contributed by atoms with Crippen LogP contribution in [0.5, 0.6) is 5.75 Å². The third kappa shape index (κ3) is 3.99. The minimum Gasteiger partial charge on any atom is -0.492 e. The van der Waals surface area contributed by atoms with E-state index in [4.69, 9.17) is 4.74 Å². The van der Waals surface area contributed by atoms with Gasteiger partial charge in [-0.05, 0) is 36.2 Å². The fourth-order valence-corrected chi connectivity index (χ4v) is 3.01. The Kier molecular flexibility index (Phi) is 5.03. The molecule has 130 valence electrons. The highest BCUT2D eigenvalue weighted by molar-refractivity contribution is 6.01. The first-order valence-corrected chi connectivity index (χ1v) is 8.38. The maximum Gasteiger partial charge on any atom is 0.230 e. The van der Waals surface area contributed by atoms with E-state index in [1.807, 2.05) is 55.5 Å². The summed E-state index contributed by atoms with van der Waals surface area (Å²) in [5, 5.41) is 2.82. The molecular formula is C20H22N2O3. The molecular weight excluding hydrogens is 316 g/mol. The topological polar surface area (TPSA) is 58.6 Å². The number of rotatable bonds is 5. The maximum atomic E-state index is 12.8. The number of anilines is 1. The first kappa shape index (κ1) is 17.0. The molecule has 1 aliphatic rings. The minimum absolute atomic E-state index is 0.0601. The first-order chi connectivity index (χ1) is 12.0. The molecule has 1 atom stereocenters. The van der Waals surface area contributed by atoms with E-state index in [1.165, 1.54) is 0 Å². The summed E-state index contributed by atoms with van der Waals surface area (Å²) in [5.74, 6) is 0.175. The molecule has 1 unspecified atom stereocenters. The number of carbonyl (C=O) groups excluding carboxylic acids is 2. The van der Waals surface area contributed by atoms with Crippen molar-refractivity contribution in [2.24, 2.45) is 0 Å². The Balaban J connectivity index is 1.62. The van der Waals surface area contributed by atoms with Gasteiger partial charge in [-0.15, -0.1) is 0 Å². The summed E-state index contributed by atoms with van der Waals surface area (Å²) in [7, 11) is 1.75. The third-order valence-electron chi connectivity index (χ3n) is 4.36. The molecule has 5 heteroatoms. The van der Waals surface area contributed by atoms with Gasteiger partial charge < -0.3 is 15.0 Å². The molecule has 0 aromatic heterocycles. The van der Waals surface area contributed by atoms with Crippen LogP contribution in [-0.2, 0) is 9.59 Å². The molecule has 5 nitrogen and oxygen atoms in total. The molecule has 0 bridgehead atoms. The summed E-state index contributed by atoms with van der Waals surface area (Å²) in [6, 6.07) is 15.3. The van der Waals surface area contributed by atoms with Gasteiger partial charge in [0, 0.05) is 19.2 Å². The predicted molar refractivity (Wildman–Crippen MR) is 96.7 cm³/mol. The molecule has 0 saturated heterocycles. The van der Waals surface area contributed by atoms with Crippen molar-refractivity contribution in [3.8, 4) is 5.75 Å². The van der Waals surface area contributed by atoms with Crippen LogP contribution in [0.1, 0.15) is 23.5 Å². The molecule has 1 aliphatic heterocycles. The number of hydrogen-bond donors (Lipinski definition) is 1. The van der Waals surface area contributed by atoms with Gasteiger partial charge in [0.2, 0.25) is 11.8 Å². The van der Waals surface area contributed by atoms with Gasteiger partial charge in [0.1, 0.15) is 12.4 Å². The number of aryl methyl sites for hydroxylation is 1. The molecule has 0 fully saturated rings. The van der Waals surface area contributed by atoms with Crippen molar-refractivity contribution < 1.29 is 14.3 Å². The summed E-state index contributed by atoms with van der Waals surface area (Å²) >= 11 is 0. The van der Waals surface area contributed by atoms with Gasteiger partial charge >= 0.3 is 0 Å². The van der Waals surface area contributed by atoms with Gasteiger partial charge in [-0.1, -0.05) is 30.3 Å². The Morgan fingerprint density at radius 1 is 1.24 bits per heavy atom. The van der Waals surface area contributed by atoms with E-state index in [2.05, 4.69) is 5.32 Å². The molecule has 2 aromatic carbocycles. The second-order valence-electron chi connectivity index (χ2n) is 6.32. The number of fused-ring (bicyclic) bond motifs is 1. The number of amides is 2. The fourth-order valence-electron chi connectivity index (χ4n) is 3.01. The van der Waals surface area contributed by atoms with Crippen LogP contribution in [-0.4, -0.2) is 36.9 Å². The van der Waals surface area contributed by atoms with Crippen molar-refractivity contribution in [3.05, 3.63) is 59.7 Å². The SMILES string of the molecule is Cc1cccc(OCCN(C)C(=O)C2CC(=O)Nc3ccccc32)c1. The Morgan fingerprint density at radius 3 is 2.84 bits per heavy atom. The van der Waals surface area contributed by atoms with E-state index in [0.717, 1.165) is 22.6 Å². The number of nitrogens with one attached hydrogen (secondary N) is 1. The highest BCUT2D eigenvalue weighted by Gasteiger charge is 2.32. The zero-order chi connectivity index (χ0) is 17.8. The van der Waals surface area contributed by atoms with Crippen molar-refractivity contribution >= 4 is 17.5 Å². The lowest BCUT2D eigenvalue weighted by Gasteiger charge is -2.28. The first-order valence-electron chi connectivity index (χ1n) is 8.38. The standard InChI is InChI=1S/C20H22N2O3/c1-14-6-5-7-15(12-14)25-11-10-22(2)20(24)17-13-19(23)21-18-9-4-3-8-16(17)18/h3-9,12,17H,10-11,13H2,1-2H3,(H,21,23). The van der Waals surface area contributed by atoms with E-state index < -0.39 is 5.92 Å². The Bertz CT molecular complexity index is 788. The number of ether oxygens (including phenoxy) is 1. The van der Waals surface area contributed by atoms with Crippen molar-refractivity contribution in [3.63, 3.8) is 0 Å². The largest absolute Gasteiger partial charge is 0.492 e. The number of benzene rings is 2. The van der Waals surface area contributed by atoms with Crippen LogP contribution in [0.15, 0.2) is 48.5 Å². The predicted octanol–water partition coefficient (Wildman–Crippen LogP) is 2.96. The van der Waals surface area contributed by atoms with Gasteiger partial charge in [-0.25, -0.2) is 0 Å². The molecule has 0 radical (unpaired) electrons. The number of hydrogen-bond acceptors (Lipinski definition) is 3. The van der Waals surface area contributed by atoms with Gasteiger partial charge in [-0.3, -0.25) is 9.59 Å². The Morgan fingerprint density at radius 2 is 2.04 bits per heavy atom. The number of para-hydroxylation sites is 1. The lowest BCUT2D eigenvalue weighted by atomic mass is 9.89. The van der Waals surface area contributed by atoms with Gasteiger partial charge in [0.05, 0.1) is 12.5 Å². The molecule has 0 aliphatic carbocycles. The van der Waals surface area contributed by atoms with Crippen molar-refractivity contribution in [2.45, 2.75) is 19.3 Å². The Labute approximate surface area is 147 Å². The lowest BCUT2D eigenvalue weighted by molar-refractivity contribution is -0.134. The molecule has 0 spiro atoms. The number of likely N-dealkylation sites (N-methyl/N-ethyl adjacent to an activating group) is 1. The average Bonchev–Trinajstić information content (AvgIpc) is 2.60. The zero-order valence-corrected chi connectivity index (χ0v) is 14.5. The summed E-state index contributed by atoms with van der Waals surface area (Å²) < 4.78 is 5.71. The van der Waals surface area contributed by atoms with E-state index in [1.54, 1.807) is 11.9 Å². The highest BCUT2D eigenvalue weighted by Crippen LogP contribution is 2.33. The third-order valence-corrected chi connectivity index (χ3v) is 4.36. The lowest BCUT2D eigenvalue weighted by Crippen LogP contribution is -2.38. The van der Waals surface area contributed by atoms with E-state index >= 15 is 0 Å². The quantitative estimate of drug-likeness (QED) is 0.912. The van der Waals surface area contributed by atoms with Gasteiger partial charge in [0.15, 0.2) is 0 Å². The van der Waals surface area contributed by atoms with Crippen LogP contribution in [0.25, 0.3) is 0 Å². The summed E-state index contributed by atoms with van der Waals surface area (Å²) in [6.45, 7) is 2.88. The van der Waals surface area contributed by atoms with Crippen LogP contribution in [0, 0.1) is 6.92 Å². The molecule has 25 heavy (non-hydrogen) atoms. The van der Waals surface area contributed by atoms with Crippen LogP contribution in [0.4, 0.5) is 5.69 Å². The molecule has 1 N–H and O–H groups in total. The van der Waals surface area contributed by atoms with Crippen LogP contribution in [0.2, 0.25) is 0 Å². The summed E-state index contributed by atoms with van der Waals surface area (Å²) in [6.07, 6.45) is 0.179. The van der Waals surface area contributed by atoms with Crippen molar-refractivity contribution in [1.29, 1.82) is 0 Å². The second-order valence-corrected chi connectivity index (χ2v) is 6.32. The number of carbonyl (C=O) groups is 2. The molecule has 2 amide bonds. The van der Waals surface area contributed by atoms with Gasteiger partial charge in [0.25, 0.3) is 0 Å². The van der Waals surface area contributed by atoms with E-state index in [0.29, 0.717) is 13.2 Å². The normalized spacial score (nSPS) is 15.9. The average molecular weight is 338 g/mol. The molecule has 0 saturated carbocycles. The minimum atomic E-state index is -0.436. The summed E-state index contributed by atoms with van der Waals surface area (Å²) in [5.41, 5.74) is 2.73. The monoisotopic (exact) mass is 338 g/mol.